The van der Waals surface area contributed by atoms with Gasteiger partial charge in [0.1, 0.15) is 4.60 Å². The van der Waals surface area contributed by atoms with Crippen molar-refractivity contribution in [2.24, 2.45) is 0 Å². The quantitative estimate of drug-likeness (QED) is 0.873. The Bertz CT molecular complexity index is 570. The highest BCUT2D eigenvalue weighted by Crippen LogP contribution is 2.27. The number of nitrogens with zero attached hydrogens (tertiary/aromatic N) is 4. The lowest BCUT2D eigenvalue weighted by atomic mass is 9.94. The summed E-state index contributed by atoms with van der Waals surface area (Å²) in [4.78, 5) is 11.1. The summed E-state index contributed by atoms with van der Waals surface area (Å²) in [5.41, 5.74) is 0.313. The second kappa shape index (κ2) is 4.20. The molecule has 0 aromatic carbocycles. The van der Waals surface area contributed by atoms with Gasteiger partial charge >= 0.3 is 0 Å². The van der Waals surface area contributed by atoms with Crippen molar-refractivity contribution in [1.29, 1.82) is 0 Å². The number of aliphatic hydroxyl groups is 1. The van der Waals surface area contributed by atoms with Crippen LogP contribution in [0.5, 0.6) is 0 Å². The van der Waals surface area contributed by atoms with E-state index in [1.807, 2.05) is 23.7 Å². The number of anilines is 1. The van der Waals surface area contributed by atoms with Crippen LogP contribution in [0, 0.1) is 0 Å². The maximum atomic E-state index is 9.99. The van der Waals surface area contributed by atoms with Crippen molar-refractivity contribution in [3.63, 3.8) is 0 Å². The lowest BCUT2D eigenvalue weighted by Crippen LogP contribution is -2.43. The summed E-state index contributed by atoms with van der Waals surface area (Å²) in [6.45, 7) is 3.50. The molecule has 1 N–H and O–H groups in total. The average Bonchev–Trinajstić information content (AvgIpc) is 2.76. The van der Waals surface area contributed by atoms with Gasteiger partial charge in [-0.25, -0.2) is 9.97 Å². The zero-order valence-electron chi connectivity index (χ0n) is 10.2. The fourth-order valence-corrected chi connectivity index (χ4v) is 2.69. The monoisotopic (exact) mass is 310 g/mol. The van der Waals surface area contributed by atoms with E-state index in [0.29, 0.717) is 0 Å². The Morgan fingerprint density at radius 2 is 2.11 bits per heavy atom. The van der Waals surface area contributed by atoms with E-state index < -0.39 is 5.60 Å². The van der Waals surface area contributed by atoms with Crippen molar-refractivity contribution in [2.75, 3.05) is 18.0 Å². The number of aromatic nitrogens is 3. The second-order valence-corrected chi connectivity index (χ2v) is 5.84. The molecule has 0 saturated carbocycles. The molecule has 18 heavy (non-hydrogen) atoms. The van der Waals surface area contributed by atoms with E-state index >= 15 is 0 Å². The third-order valence-corrected chi connectivity index (χ3v) is 3.85. The molecule has 0 radical (unpaired) electrons. The van der Waals surface area contributed by atoms with Crippen molar-refractivity contribution in [3.8, 4) is 0 Å². The predicted octanol–water partition coefficient (Wildman–Crippen LogP) is 1.84. The van der Waals surface area contributed by atoms with Gasteiger partial charge in [-0.05, 0) is 35.7 Å². The van der Waals surface area contributed by atoms with Gasteiger partial charge in [-0.2, -0.15) is 0 Å². The summed E-state index contributed by atoms with van der Waals surface area (Å²) in [7, 11) is 0. The average molecular weight is 311 g/mol. The van der Waals surface area contributed by atoms with Gasteiger partial charge in [0.2, 0.25) is 0 Å². The van der Waals surface area contributed by atoms with E-state index in [9.17, 15) is 5.11 Å². The standard InChI is InChI=1S/C12H15BrN4O/c1-12(18)2-5-16(6-3-12)11-10-14-4-7-17(10)8-9(13)15-11/h4,7-8,18H,2-3,5-6H2,1H3. The summed E-state index contributed by atoms with van der Waals surface area (Å²) in [5, 5.41) is 9.99. The molecule has 0 unspecified atom stereocenters. The SMILES string of the molecule is CC1(O)CCN(c2nc(Br)cn3ccnc23)CC1. The van der Waals surface area contributed by atoms with Gasteiger partial charge in [0.25, 0.3) is 0 Å². The van der Waals surface area contributed by atoms with Crippen LogP contribution in [0.2, 0.25) is 0 Å². The van der Waals surface area contributed by atoms with Crippen LogP contribution in [0.1, 0.15) is 19.8 Å². The lowest BCUT2D eigenvalue weighted by molar-refractivity contribution is 0.0350. The summed E-state index contributed by atoms with van der Waals surface area (Å²) in [5.74, 6) is 0.880. The van der Waals surface area contributed by atoms with Crippen molar-refractivity contribution in [3.05, 3.63) is 23.2 Å². The van der Waals surface area contributed by atoms with Crippen LogP contribution < -0.4 is 4.90 Å². The Hall–Kier alpha value is -1.14. The number of piperidine rings is 1. The molecule has 0 spiro atoms. The lowest BCUT2D eigenvalue weighted by Gasteiger charge is -2.36. The molecule has 96 valence electrons. The Morgan fingerprint density at radius 1 is 1.39 bits per heavy atom. The number of hydrogen-bond donors (Lipinski definition) is 1. The van der Waals surface area contributed by atoms with E-state index in [0.717, 1.165) is 42.0 Å². The number of hydrogen-bond acceptors (Lipinski definition) is 4. The molecule has 1 fully saturated rings. The first-order valence-corrected chi connectivity index (χ1v) is 6.81. The highest BCUT2D eigenvalue weighted by Gasteiger charge is 2.29. The Balaban J connectivity index is 1.97. The highest BCUT2D eigenvalue weighted by molar-refractivity contribution is 9.10. The van der Waals surface area contributed by atoms with Crippen molar-refractivity contribution < 1.29 is 5.11 Å². The number of halogens is 1. The highest BCUT2D eigenvalue weighted by atomic mass is 79.9. The van der Waals surface area contributed by atoms with E-state index in [1.54, 1.807) is 6.20 Å². The van der Waals surface area contributed by atoms with Crippen molar-refractivity contribution >= 4 is 27.4 Å². The molecule has 2 aromatic heterocycles. The minimum absolute atomic E-state index is 0.547. The maximum absolute atomic E-state index is 9.99. The number of rotatable bonds is 1. The first-order chi connectivity index (χ1) is 8.55. The normalized spacial score (nSPS) is 19.4. The second-order valence-electron chi connectivity index (χ2n) is 5.03. The van der Waals surface area contributed by atoms with E-state index in [2.05, 4.69) is 30.8 Å². The van der Waals surface area contributed by atoms with Gasteiger partial charge in [0.15, 0.2) is 11.5 Å². The minimum atomic E-state index is -0.547. The van der Waals surface area contributed by atoms with Gasteiger partial charge < -0.3 is 14.4 Å². The Labute approximate surface area is 114 Å². The first kappa shape index (κ1) is 11.9. The topological polar surface area (TPSA) is 53.7 Å². The fraction of sp³-hybridized carbons (Fsp3) is 0.500. The third-order valence-electron chi connectivity index (χ3n) is 3.47. The molecule has 6 heteroatoms. The van der Waals surface area contributed by atoms with E-state index in [1.165, 1.54) is 0 Å². The molecule has 1 aliphatic heterocycles. The molecule has 1 aliphatic rings. The van der Waals surface area contributed by atoms with Crippen LogP contribution in [0.25, 0.3) is 5.65 Å². The van der Waals surface area contributed by atoms with Crippen LogP contribution in [0.15, 0.2) is 23.2 Å². The molecule has 0 amide bonds. The molecule has 2 aromatic rings. The molecular formula is C12H15BrN4O. The summed E-state index contributed by atoms with van der Waals surface area (Å²) >= 11 is 3.42. The third kappa shape index (κ3) is 2.10. The van der Waals surface area contributed by atoms with E-state index in [-0.39, 0.29) is 0 Å². The van der Waals surface area contributed by atoms with Gasteiger partial charge in [-0.15, -0.1) is 0 Å². The Kier molecular flexibility index (Phi) is 2.79. The molecule has 0 atom stereocenters. The molecule has 1 saturated heterocycles. The molecule has 3 heterocycles. The number of fused-ring (bicyclic) bond motifs is 1. The summed E-state index contributed by atoms with van der Waals surface area (Å²) in [6, 6.07) is 0. The molecule has 3 rings (SSSR count). The predicted molar refractivity (Wildman–Crippen MR) is 72.8 cm³/mol. The maximum Gasteiger partial charge on any atom is 0.180 e. The molecular weight excluding hydrogens is 296 g/mol. The molecule has 0 bridgehead atoms. The smallest absolute Gasteiger partial charge is 0.180 e. The van der Waals surface area contributed by atoms with Gasteiger partial charge in [0, 0.05) is 31.7 Å². The summed E-state index contributed by atoms with van der Waals surface area (Å²) < 4.78 is 2.75. The van der Waals surface area contributed by atoms with Crippen molar-refractivity contribution in [2.45, 2.75) is 25.4 Å². The molecule has 5 nitrogen and oxygen atoms in total. The molecule has 0 aliphatic carbocycles. The largest absolute Gasteiger partial charge is 0.390 e. The summed E-state index contributed by atoms with van der Waals surface area (Å²) in [6.07, 6.45) is 7.09. The number of imidazole rings is 1. The van der Waals surface area contributed by atoms with Gasteiger partial charge in [-0.3, -0.25) is 0 Å². The minimum Gasteiger partial charge on any atom is -0.390 e. The zero-order chi connectivity index (χ0) is 12.8. The van der Waals surface area contributed by atoms with Gasteiger partial charge in [-0.1, -0.05) is 0 Å². The van der Waals surface area contributed by atoms with Crippen molar-refractivity contribution in [1.82, 2.24) is 14.4 Å². The van der Waals surface area contributed by atoms with Crippen LogP contribution in [0.4, 0.5) is 5.82 Å². The van der Waals surface area contributed by atoms with Crippen LogP contribution in [-0.2, 0) is 0 Å². The fourth-order valence-electron chi connectivity index (χ4n) is 2.30. The van der Waals surface area contributed by atoms with E-state index in [4.69, 9.17) is 0 Å². The van der Waals surface area contributed by atoms with Crippen LogP contribution >= 0.6 is 15.9 Å². The first-order valence-electron chi connectivity index (χ1n) is 6.02. The Morgan fingerprint density at radius 3 is 2.83 bits per heavy atom. The van der Waals surface area contributed by atoms with Gasteiger partial charge in [0.05, 0.1) is 5.60 Å². The van der Waals surface area contributed by atoms with Crippen LogP contribution in [0.3, 0.4) is 0 Å². The van der Waals surface area contributed by atoms with Crippen LogP contribution in [-0.4, -0.2) is 38.2 Å². The zero-order valence-corrected chi connectivity index (χ0v) is 11.8.